The van der Waals surface area contributed by atoms with Gasteiger partial charge in [-0.25, -0.2) is 0 Å². The van der Waals surface area contributed by atoms with Crippen molar-refractivity contribution in [2.24, 2.45) is 13.0 Å². The summed E-state index contributed by atoms with van der Waals surface area (Å²) in [5.74, 6) is 0.941. The number of rotatable bonds is 4. The second-order valence-corrected chi connectivity index (χ2v) is 5.43. The van der Waals surface area contributed by atoms with Crippen LogP contribution < -0.4 is 5.32 Å². The summed E-state index contributed by atoms with van der Waals surface area (Å²) in [5, 5.41) is 8.09. The fraction of sp³-hybridized carbons (Fsp3) is 0.786. The van der Waals surface area contributed by atoms with Crippen LogP contribution in [0.4, 0.5) is 0 Å². The van der Waals surface area contributed by atoms with Gasteiger partial charge >= 0.3 is 0 Å². The summed E-state index contributed by atoms with van der Waals surface area (Å²) in [6.07, 6.45) is 8.99. The second-order valence-electron chi connectivity index (χ2n) is 5.43. The van der Waals surface area contributed by atoms with Crippen LogP contribution in [0, 0.1) is 12.8 Å². The van der Waals surface area contributed by atoms with E-state index in [1.165, 1.54) is 37.7 Å². The molecular formula is C14H25N3. The molecule has 1 aliphatic carbocycles. The zero-order chi connectivity index (χ0) is 12.3. The van der Waals surface area contributed by atoms with E-state index in [4.69, 9.17) is 0 Å². The van der Waals surface area contributed by atoms with Crippen molar-refractivity contribution in [3.63, 3.8) is 0 Å². The Labute approximate surface area is 105 Å². The predicted octanol–water partition coefficient (Wildman–Crippen LogP) is 2.79. The van der Waals surface area contributed by atoms with Gasteiger partial charge in [-0.1, -0.05) is 26.2 Å². The van der Waals surface area contributed by atoms with Crippen molar-refractivity contribution in [2.45, 2.75) is 58.5 Å². The topological polar surface area (TPSA) is 29.9 Å². The van der Waals surface area contributed by atoms with E-state index in [2.05, 4.69) is 30.5 Å². The molecule has 1 fully saturated rings. The molecule has 1 N–H and O–H groups in total. The molecule has 1 heterocycles. The van der Waals surface area contributed by atoms with Gasteiger partial charge in [0.15, 0.2) is 0 Å². The smallest absolute Gasteiger partial charge is 0.0638 e. The summed E-state index contributed by atoms with van der Waals surface area (Å²) in [6, 6.07) is 0.716. The molecule has 0 bridgehead atoms. The van der Waals surface area contributed by atoms with Gasteiger partial charge in [0.25, 0.3) is 0 Å². The predicted molar refractivity (Wildman–Crippen MR) is 70.8 cm³/mol. The van der Waals surface area contributed by atoms with Crippen LogP contribution in [0.15, 0.2) is 6.20 Å². The minimum atomic E-state index is 0.716. The van der Waals surface area contributed by atoms with Gasteiger partial charge in [0.2, 0.25) is 0 Å². The zero-order valence-corrected chi connectivity index (χ0v) is 11.4. The lowest BCUT2D eigenvalue weighted by atomic mass is 9.84. The SMILES string of the molecule is CCC1CCCC(NCc2cn(C)nc2C)C1. The lowest BCUT2D eigenvalue weighted by Crippen LogP contribution is -2.33. The largest absolute Gasteiger partial charge is 0.310 e. The Bertz CT molecular complexity index is 356. The first-order chi connectivity index (χ1) is 8.19. The van der Waals surface area contributed by atoms with Crippen molar-refractivity contribution >= 4 is 0 Å². The Balaban J connectivity index is 1.83. The highest BCUT2D eigenvalue weighted by Crippen LogP contribution is 2.26. The Morgan fingerprint density at radius 2 is 2.29 bits per heavy atom. The third kappa shape index (κ3) is 3.32. The first-order valence-electron chi connectivity index (χ1n) is 6.91. The van der Waals surface area contributed by atoms with Crippen molar-refractivity contribution in [1.29, 1.82) is 0 Å². The molecule has 2 unspecified atom stereocenters. The highest BCUT2D eigenvalue weighted by molar-refractivity contribution is 5.14. The molecule has 1 saturated carbocycles. The fourth-order valence-electron chi connectivity index (χ4n) is 2.92. The minimum Gasteiger partial charge on any atom is -0.310 e. The summed E-state index contributed by atoms with van der Waals surface area (Å²) >= 11 is 0. The molecule has 1 aromatic heterocycles. The summed E-state index contributed by atoms with van der Waals surface area (Å²) in [4.78, 5) is 0. The molecule has 2 atom stereocenters. The molecule has 3 heteroatoms. The second kappa shape index (κ2) is 5.67. The zero-order valence-electron chi connectivity index (χ0n) is 11.4. The lowest BCUT2D eigenvalue weighted by Gasteiger charge is -2.29. The summed E-state index contributed by atoms with van der Waals surface area (Å²) in [6.45, 7) is 5.38. The van der Waals surface area contributed by atoms with Crippen molar-refractivity contribution in [2.75, 3.05) is 0 Å². The molecule has 2 rings (SSSR count). The Morgan fingerprint density at radius 1 is 1.47 bits per heavy atom. The first kappa shape index (κ1) is 12.6. The highest BCUT2D eigenvalue weighted by Gasteiger charge is 2.20. The fourth-order valence-corrected chi connectivity index (χ4v) is 2.92. The summed E-state index contributed by atoms with van der Waals surface area (Å²) in [5.41, 5.74) is 2.49. The molecule has 0 radical (unpaired) electrons. The van der Waals surface area contributed by atoms with Crippen molar-refractivity contribution in [3.8, 4) is 0 Å². The Morgan fingerprint density at radius 3 is 2.94 bits per heavy atom. The normalized spacial score (nSPS) is 25.1. The molecule has 0 aromatic carbocycles. The summed E-state index contributed by atoms with van der Waals surface area (Å²) in [7, 11) is 1.99. The maximum atomic E-state index is 4.38. The van der Waals surface area contributed by atoms with E-state index in [0.29, 0.717) is 6.04 Å². The summed E-state index contributed by atoms with van der Waals surface area (Å²) < 4.78 is 1.90. The van der Waals surface area contributed by atoms with E-state index in [-0.39, 0.29) is 0 Å². The molecule has 0 amide bonds. The van der Waals surface area contributed by atoms with Crippen LogP contribution >= 0.6 is 0 Å². The van der Waals surface area contributed by atoms with E-state index < -0.39 is 0 Å². The van der Waals surface area contributed by atoms with Crippen LogP contribution in [0.1, 0.15) is 50.3 Å². The average molecular weight is 235 g/mol. The van der Waals surface area contributed by atoms with Gasteiger partial charge in [-0.3, -0.25) is 4.68 Å². The monoisotopic (exact) mass is 235 g/mol. The average Bonchev–Trinajstić information content (AvgIpc) is 2.65. The van der Waals surface area contributed by atoms with Crippen LogP contribution in [0.2, 0.25) is 0 Å². The lowest BCUT2D eigenvalue weighted by molar-refractivity contribution is 0.278. The molecule has 0 aliphatic heterocycles. The highest BCUT2D eigenvalue weighted by atomic mass is 15.2. The molecule has 0 saturated heterocycles. The van der Waals surface area contributed by atoms with Gasteiger partial charge in [0, 0.05) is 31.4 Å². The molecule has 1 aromatic rings. The van der Waals surface area contributed by atoms with E-state index >= 15 is 0 Å². The van der Waals surface area contributed by atoms with Crippen LogP contribution in [0.3, 0.4) is 0 Å². The maximum absolute atomic E-state index is 4.38. The van der Waals surface area contributed by atoms with Crippen LogP contribution in [-0.2, 0) is 13.6 Å². The third-order valence-electron chi connectivity index (χ3n) is 4.06. The van der Waals surface area contributed by atoms with Crippen molar-refractivity contribution < 1.29 is 0 Å². The standard InChI is InChI=1S/C14H25N3/c1-4-12-6-5-7-14(8-12)15-9-13-10-17(3)16-11(13)2/h10,12,14-15H,4-9H2,1-3H3. The number of aryl methyl sites for hydroxylation is 2. The van der Waals surface area contributed by atoms with Crippen LogP contribution in [-0.4, -0.2) is 15.8 Å². The Hall–Kier alpha value is -0.830. The molecule has 3 nitrogen and oxygen atoms in total. The third-order valence-corrected chi connectivity index (χ3v) is 4.06. The van der Waals surface area contributed by atoms with E-state index in [9.17, 15) is 0 Å². The molecule has 96 valence electrons. The minimum absolute atomic E-state index is 0.716. The molecular weight excluding hydrogens is 210 g/mol. The quantitative estimate of drug-likeness (QED) is 0.869. The van der Waals surface area contributed by atoms with Crippen molar-refractivity contribution in [3.05, 3.63) is 17.5 Å². The van der Waals surface area contributed by atoms with Gasteiger partial charge < -0.3 is 5.32 Å². The van der Waals surface area contributed by atoms with E-state index in [0.717, 1.165) is 18.2 Å². The maximum Gasteiger partial charge on any atom is 0.0638 e. The van der Waals surface area contributed by atoms with Gasteiger partial charge in [-0.15, -0.1) is 0 Å². The number of nitrogens with one attached hydrogen (secondary N) is 1. The van der Waals surface area contributed by atoms with Crippen LogP contribution in [0.25, 0.3) is 0 Å². The number of aromatic nitrogens is 2. The Kier molecular flexibility index (Phi) is 4.21. The van der Waals surface area contributed by atoms with Gasteiger partial charge in [0.05, 0.1) is 5.69 Å². The van der Waals surface area contributed by atoms with E-state index in [1.807, 2.05) is 11.7 Å². The molecule has 1 aliphatic rings. The van der Waals surface area contributed by atoms with Gasteiger partial charge in [-0.2, -0.15) is 5.10 Å². The number of hydrogen-bond donors (Lipinski definition) is 1. The van der Waals surface area contributed by atoms with Crippen molar-refractivity contribution in [1.82, 2.24) is 15.1 Å². The number of hydrogen-bond acceptors (Lipinski definition) is 2. The van der Waals surface area contributed by atoms with E-state index in [1.54, 1.807) is 0 Å². The van der Waals surface area contributed by atoms with Gasteiger partial charge in [0.1, 0.15) is 0 Å². The first-order valence-corrected chi connectivity index (χ1v) is 6.91. The molecule has 17 heavy (non-hydrogen) atoms. The number of nitrogens with zero attached hydrogens (tertiary/aromatic N) is 2. The van der Waals surface area contributed by atoms with Crippen LogP contribution in [0.5, 0.6) is 0 Å². The van der Waals surface area contributed by atoms with Gasteiger partial charge in [-0.05, 0) is 25.7 Å². The molecule has 0 spiro atoms.